The van der Waals surface area contributed by atoms with E-state index in [9.17, 15) is 9.59 Å². The molecule has 0 aromatic rings. The summed E-state index contributed by atoms with van der Waals surface area (Å²) in [7, 11) is 1.78. The number of rotatable bonds is 4. The van der Waals surface area contributed by atoms with Gasteiger partial charge in [0, 0.05) is 32.6 Å². The maximum Gasteiger partial charge on any atom is 0.236 e. The molecule has 5 nitrogen and oxygen atoms in total. The van der Waals surface area contributed by atoms with Crippen LogP contribution < -0.4 is 5.32 Å². The highest BCUT2D eigenvalue weighted by Crippen LogP contribution is 2.28. The van der Waals surface area contributed by atoms with Crippen LogP contribution in [-0.2, 0) is 9.59 Å². The molecule has 1 aliphatic carbocycles. The van der Waals surface area contributed by atoms with Crippen LogP contribution in [0.15, 0.2) is 0 Å². The molecule has 0 radical (unpaired) electrons. The Labute approximate surface area is 121 Å². The lowest BCUT2D eigenvalue weighted by molar-refractivity contribution is -0.133. The molecule has 5 heteroatoms. The first-order valence-electron chi connectivity index (χ1n) is 7.91. The van der Waals surface area contributed by atoms with Crippen molar-refractivity contribution < 1.29 is 9.59 Å². The lowest BCUT2D eigenvalue weighted by atomic mass is 10.0. The van der Waals surface area contributed by atoms with Gasteiger partial charge in [-0.2, -0.15) is 0 Å². The molecule has 0 atom stereocenters. The second kappa shape index (κ2) is 7.62. The van der Waals surface area contributed by atoms with E-state index in [0.717, 1.165) is 19.5 Å². The Morgan fingerprint density at radius 1 is 0.950 bits per heavy atom. The summed E-state index contributed by atoms with van der Waals surface area (Å²) in [4.78, 5) is 28.0. The van der Waals surface area contributed by atoms with Crippen molar-refractivity contribution in [2.45, 2.75) is 38.5 Å². The van der Waals surface area contributed by atoms with Crippen molar-refractivity contribution in [3.05, 3.63) is 0 Å². The summed E-state index contributed by atoms with van der Waals surface area (Å²) >= 11 is 0. The van der Waals surface area contributed by atoms with Crippen LogP contribution in [0.3, 0.4) is 0 Å². The first-order chi connectivity index (χ1) is 9.70. The first-order valence-corrected chi connectivity index (χ1v) is 7.91. The molecule has 0 spiro atoms. The van der Waals surface area contributed by atoms with Crippen molar-refractivity contribution in [1.82, 2.24) is 15.1 Å². The van der Waals surface area contributed by atoms with Crippen LogP contribution in [0.1, 0.15) is 38.5 Å². The smallest absolute Gasteiger partial charge is 0.236 e. The maximum absolute atomic E-state index is 12.3. The molecule has 2 amide bonds. The van der Waals surface area contributed by atoms with E-state index in [2.05, 4.69) is 5.32 Å². The van der Waals surface area contributed by atoms with Gasteiger partial charge < -0.3 is 15.1 Å². The summed E-state index contributed by atoms with van der Waals surface area (Å²) < 4.78 is 0. The average Bonchev–Trinajstić information content (AvgIpc) is 2.80. The van der Waals surface area contributed by atoms with E-state index in [1.807, 2.05) is 9.80 Å². The van der Waals surface area contributed by atoms with Crippen LogP contribution in [0.5, 0.6) is 0 Å². The molecule has 1 aliphatic heterocycles. The van der Waals surface area contributed by atoms with Gasteiger partial charge in [-0.15, -0.1) is 0 Å². The molecule has 2 fully saturated rings. The predicted molar refractivity (Wildman–Crippen MR) is 78.3 cm³/mol. The lowest BCUT2D eigenvalue weighted by Crippen LogP contribution is -2.40. The third-order valence-electron chi connectivity index (χ3n) is 4.47. The normalized spacial score (nSPS) is 21.1. The molecular weight excluding hydrogens is 254 g/mol. The molecular formula is C15H27N3O2. The quantitative estimate of drug-likeness (QED) is 0.831. The summed E-state index contributed by atoms with van der Waals surface area (Å²) in [6, 6.07) is 0. The minimum atomic E-state index is 0.137. The Morgan fingerprint density at radius 3 is 2.15 bits per heavy atom. The first kappa shape index (κ1) is 15.3. The molecule has 114 valence electrons. The van der Waals surface area contributed by atoms with Gasteiger partial charge in [0.2, 0.25) is 11.8 Å². The van der Waals surface area contributed by atoms with E-state index in [1.54, 1.807) is 7.05 Å². The Hall–Kier alpha value is -1.10. The number of amides is 2. The Kier molecular flexibility index (Phi) is 5.83. The van der Waals surface area contributed by atoms with Gasteiger partial charge in [0.05, 0.1) is 6.54 Å². The predicted octanol–water partition coefficient (Wildman–Crippen LogP) is 0.847. The minimum absolute atomic E-state index is 0.137. The van der Waals surface area contributed by atoms with E-state index in [1.165, 1.54) is 25.7 Å². The van der Waals surface area contributed by atoms with Crippen LogP contribution in [0.2, 0.25) is 0 Å². The van der Waals surface area contributed by atoms with E-state index >= 15 is 0 Å². The van der Waals surface area contributed by atoms with Crippen LogP contribution >= 0.6 is 0 Å². The molecule has 0 bridgehead atoms. The van der Waals surface area contributed by atoms with Gasteiger partial charge in [-0.1, -0.05) is 12.8 Å². The standard InChI is InChI=1S/C15H27N3O2/c1-16-12-15(20)18-8-4-7-17(9-10-18)14(19)11-13-5-2-3-6-13/h13,16H,2-12H2,1H3. The highest BCUT2D eigenvalue weighted by atomic mass is 16.2. The van der Waals surface area contributed by atoms with Crippen LogP contribution in [-0.4, -0.2) is 61.4 Å². The molecule has 0 aromatic carbocycles. The van der Waals surface area contributed by atoms with E-state index in [0.29, 0.717) is 37.9 Å². The van der Waals surface area contributed by atoms with Crippen molar-refractivity contribution in [2.75, 3.05) is 39.8 Å². The molecule has 2 rings (SSSR count). The van der Waals surface area contributed by atoms with Crippen molar-refractivity contribution in [3.63, 3.8) is 0 Å². The number of hydrogen-bond donors (Lipinski definition) is 1. The maximum atomic E-state index is 12.3. The summed E-state index contributed by atoms with van der Waals surface area (Å²) in [5, 5.41) is 2.90. The van der Waals surface area contributed by atoms with Crippen molar-refractivity contribution in [3.8, 4) is 0 Å². The zero-order chi connectivity index (χ0) is 14.4. The minimum Gasteiger partial charge on any atom is -0.341 e. The van der Waals surface area contributed by atoms with E-state index < -0.39 is 0 Å². The summed E-state index contributed by atoms with van der Waals surface area (Å²) in [5.74, 6) is 1.03. The molecule has 20 heavy (non-hydrogen) atoms. The fourth-order valence-corrected chi connectivity index (χ4v) is 3.27. The topological polar surface area (TPSA) is 52.7 Å². The average molecular weight is 281 g/mol. The Morgan fingerprint density at radius 2 is 1.55 bits per heavy atom. The van der Waals surface area contributed by atoms with Gasteiger partial charge in [-0.3, -0.25) is 9.59 Å². The van der Waals surface area contributed by atoms with Gasteiger partial charge in [-0.25, -0.2) is 0 Å². The number of nitrogens with one attached hydrogen (secondary N) is 1. The van der Waals surface area contributed by atoms with E-state index in [4.69, 9.17) is 0 Å². The number of likely N-dealkylation sites (N-methyl/N-ethyl adjacent to an activating group) is 1. The highest BCUT2D eigenvalue weighted by molar-refractivity contribution is 5.79. The number of nitrogens with zero attached hydrogens (tertiary/aromatic N) is 2. The third kappa shape index (κ3) is 4.20. The fourth-order valence-electron chi connectivity index (χ4n) is 3.27. The second-order valence-corrected chi connectivity index (χ2v) is 6.00. The van der Waals surface area contributed by atoms with Gasteiger partial charge in [0.15, 0.2) is 0 Å². The number of carbonyl (C=O) groups is 2. The van der Waals surface area contributed by atoms with Crippen LogP contribution in [0.4, 0.5) is 0 Å². The molecule has 1 N–H and O–H groups in total. The molecule has 2 aliphatic rings. The lowest BCUT2D eigenvalue weighted by Gasteiger charge is -2.23. The molecule has 0 unspecified atom stereocenters. The van der Waals surface area contributed by atoms with Gasteiger partial charge in [0.25, 0.3) is 0 Å². The Bertz CT molecular complexity index is 340. The van der Waals surface area contributed by atoms with Gasteiger partial charge in [-0.05, 0) is 32.2 Å². The van der Waals surface area contributed by atoms with E-state index in [-0.39, 0.29) is 5.91 Å². The zero-order valence-corrected chi connectivity index (χ0v) is 12.6. The molecule has 1 saturated carbocycles. The molecule has 1 heterocycles. The largest absolute Gasteiger partial charge is 0.341 e. The molecule has 0 aromatic heterocycles. The Balaban J connectivity index is 1.79. The summed E-state index contributed by atoms with van der Waals surface area (Å²) in [6.07, 6.45) is 6.60. The monoisotopic (exact) mass is 281 g/mol. The van der Waals surface area contributed by atoms with Gasteiger partial charge in [0.1, 0.15) is 0 Å². The summed E-state index contributed by atoms with van der Waals surface area (Å²) in [5.41, 5.74) is 0. The number of carbonyl (C=O) groups excluding carboxylic acids is 2. The summed E-state index contributed by atoms with van der Waals surface area (Å²) in [6.45, 7) is 3.33. The SMILES string of the molecule is CNCC(=O)N1CCCN(C(=O)CC2CCCC2)CC1. The van der Waals surface area contributed by atoms with Crippen molar-refractivity contribution in [1.29, 1.82) is 0 Å². The van der Waals surface area contributed by atoms with Crippen LogP contribution in [0, 0.1) is 5.92 Å². The second-order valence-electron chi connectivity index (χ2n) is 6.00. The zero-order valence-electron chi connectivity index (χ0n) is 12.6. The number of hydrogen-bond acceptors (Lipinski definition) is 3. The molecule has 1 saturated heterocycles. The fraction of sp³-hybridized carbons (Fsp3) is 0.867. The van der Waals surface area contributed by atoms with Gasteiger partial charge >= 0.3 is 0 Å². The van der Waals surface area contributed by atoms with Crippen LogP contribution in [0.25, 0.3) is 0 Å². The van der Waals surface area contributed by atoms with Crippen molar-refractivity contribution >= 4 is 11.8 Å². The third-order valence-corrected chi connectivity index (χ3v) is 4.47. The van der Waals surface area contributed by atoms with Crippen molar-refractivity contribution in [2.24, 2.45) is 5.92 Å². The highest BCUT2D eigenvalue weighted by Gasteiger charge is 2.24.